The Kier molecular flexibility index (Phi) is 4.24. The Morgan fingerprint density at radius 2 is 1.80 bits per heavy atom. The summed E-state index contributed by atoms with van der Waals surface area (Å²) in [5.41, 5.74) is 0.0278. The number of pyridine rings is 1. The summed E-state index contributed by atoms with van der Waals surface area (Å²) >= 11 is 0. The van der Waals surface area contributed by atoms with Crippen molar-refractivity contribution in [2.24, 2.45) is 0 Å². The van der Waals surface area contributed by atoms with Gasteiger partial charge in [0.1, 0.15) is 5.82 Å². The average molecular weight is 282 g/mol. The topological polar surface area (TPSA) is 45.1 Å². The van der Waals surface area contributed by atoms with Gasteiger partial charge in [0.25, 0.3) is 0 Å². The van der Waals surface area contributed by atoms with Gasteiger partial charge in [0.05, 0.1) is 18.2 Å². The van der Waals surface area contributed by atoms with Crippen LogP contribution in [0.15, 0.2) is 48.7 Å². The van der Waals surface area contributed by atoms with Crippen molar-refractivity contribution in [1.29, 1.82) is 0 Å². The number of aliphatic hydroxyl groups is 1. The average Bonchev–Trinajstić information content (AvgIpc) is 2.45. The van der Waals surface area contributed by atoms with Crippen LogP contribution in [0.5, 0.6) is 0 Å². The highest BCUT2D eigenvalue weighted by Gasteiger charge is 2.30. The number of nitrogens with zero attached hydrogens (tertiary/aromatic N) is 1. The molecule has 0 radical (unpaired) electrons. The van der Waals surface area contributed by atoms with Crippen LogP contribution in [-0.4, -0.2) is 16.7 Å². The van der Waals surface area contributed by atoms with Crippen molar-refractivity contribution in [3.8, 4) is 0 Å². The van der Waals surface area contributed by atoms with Gasteiger partial charge in [-0.3, -0.25) is 0 Å². The van der Waals surface area contributed by atoms with E-state index in [1.807, 2.05) is 30.3 Å². The minimum absolute atomic E-state index is 0.188. The summed E-state index contributed by atoms with van der Waals surface area (Å²) in [5, 5.41) is 12.2. The Labute approximate surface area is 114 Å². The van der Waals surface area contributed by atoms with E-state index in [4.69, 9.17) is 0 Å². The van der Waals surface area contributed by atoms with Crippen LogP contribution >= 0.6 is 0 Å². The Balaban J connectivity index is 2.13. The first kappa shape index (κ1) is 14.3. The van der Waals surface area contributed by atoms with Crippen molar-refractivity contribution in [1.82, 2.24) is 4.98 Å². The largest absolute Gasteiger partial charge is 0.417 e. The van der Waals surface area contributed by atoms with Crippen LogP contribution in [0, 0.1) is 0 Å². The number of nitrogens with one attached hydrogen (secondary N) is 1. The van der Waals surface area contributed by atoms with Gasteiger partial charge in [0.15, 0.2) is 0 Å². The lowest BCUT2D eigenvalue weighted by molar-refractivity contribution is -0.137. The minimum Gasteiger partial charge on any atom is -0.394 e. The van der Waals surface area contributed by atoms with Gasteiger partial charge in [-0.2, -0.15) is 13.2 Å². The van der Waals surface area contributed by atoms with Crippen molar-refractivity contribution in [3.05, 3.63) is 59.8 Å². The van der Waals surface area contributed by atoms with Crippen LogP contribution in [0.2, 0.25) is 0 Å². The molecule has 1 atom stereocenters. The number of hydrogen-bond acceptors (Lipinski definition) is 3. The molecule has 2 rings (SSSR count). The van der Waals surface area contributed by atoms with Crippen molar-refractivity contribution >= 4 is 5.82 Å². The molecule has 0 bridgehead atoms. The Hall–Kier alpha value is -2.08. The molecule has 20 heavy (non-hydrogen) atoms. The minimum atomic E-state index is -4.40. The second-order valence-electron chi connectivity index (χ2n) is 4.22. The molecule has 0 aliphatic carbocycles. The quantitative estimate of drug-likeness (QED) is 0.904. The van der Waals surface area contributed by atoms with Crippen molar-refractivity contribution in [2.45, 2.75) is 12.2 Å². The number of hydrogen-bond donors (Lipinski definition) is 2. The first-order chi connectivity index (χ1) is 9.50. The van der Waals surface area contributed by atoms with Gasteiger partial charge in [-0.15, -0.1) is 0 Å². The van der Waals surface area contributed by atoms with Crippen molar-refractivity contribution < 1.29 is 18.3 Å². The zero-order valence-electron chi connectivity index (χ0n) is 10.4. The van der Waals surface area contributed by atoms with E-state index < -0.39 is 17.8 Å². The highest BCUT2D eigenvalue weighted by molar-refractivity contribution is 5.39. The fourth-order valence-electron chi connectivity index (χ4n) is 1.75. The molecule has 0 saturated carbocycles. The number of halogens is 3. The molecule has 6 heteroatoms. The molecule has 0 fully saturated rings. The molecule has 1 aromatic heterocycles. The highest BCUT2D eigenvalue weighted by Crippen LogP contribution is 2.29. The van der Waals surface area contributed by atoms with Gasteiger partial charge >= 0.3 is 6.18 Å². The number of aliphatic hydroxyl groups excluding tert-OH is 1. The summed E-state index contributed by atoms with van der Waals surface area (Å²) in [6.45, 7) is -0.188. The monoisotopic (exact) mass is 282 g/mol. The fourth-order valence-corrected chi connectivity index (χ4v) is 1.75. The van der Waals surface area contributed by atoms with E-state index in [1.54, 1.807) is 0 Å². The van der Waals surface area contributed by atoms with Gasteiger partial charge in [0, 0.05) is 6.20 Å². The van der Waals surface area contributed by atoms with Gasteiger partial charge in [-0.25, -0.2) is 4.98 Å². The molecular weight excluding hydrogens is 269 g/mol. The maximum absolute atomic E-state index is 12.4. The molecule has 0 spiro atoms. The number of alkyl halides is 3. The van der Waals surface area contributed by atoms with Crippen molar-refractivity contribution in [2.75, 3.05) is 11.9 Å². The zero-order valence-corrected chi connectivity index (χ0v) is 10.4. The SMILES string of the molecule is OC[C@H](Nc1ccc(C(F)(F)F)cn1)c1ccccc1. The summed E-state index contributed by atoms with van der Waals surface area (Å²) in [6, 6.07) is 10.9. The number of benzene rings is 1. The second-order valence-corrected chi connectivity index (χ2v) is 4.22. The third-order valence-electron chi connectivity index (χ3n) is 2.80. The maximum atomic E-state index is 12.4. The van der Waals surface area contributed by atoms with Gasteiger partial charge in [-0.1, -0.05) is 30.3 Å². The third-order valence-corrected chi connectivity index (χ3v) is 2.80. The standard InChI is InChI=1S/C14H13F3N2O/c15-14(16,17)11-6-7-13(18-8-11)19-12(9-20)10-4-2-1-3-5-10/h1-8,12,20H,9H2,(H,18,19)/t12-/m0/s1. The molecule has 0 unspecified atom stereocenters. The summed E-state index contributed by atoms with van der Waals surface area (Å²) in [5.74, 6) is 0.279. The molecular formula is C14H13F3N2O. The molecule has 2 N–H and O–H groups in total. The van der Waals surface area contributed by atoms with Crippen LogP contribution in [0.3, 0.4) is 0 Å². The second kappa shape index (κ2) is 5.92. The van der Waals surface area contributed by atoms with Gasteiger partial charge < -0.3 is 10.4 Å². The molecule has 0 aliphatic rings. The molecule has 0 saturated heterocycles. The van der Waals surface area contributed by atoms with E-state index in [2.05, 4.69) is 10.3 Å². The Morgan fingerprint density at radius 1 is 1.10 bits per heavy atom. The Morgan fingerprint density at radius 3 is 2.30 bits per heavy atom. The lowest BCUT2D eigenvalue weighted by Gasteiger charge is -2.17. The zero-order chi connectivity index (χ0) is 14.6. The predicted molar refractivity (Wildman–Crippen MR) is 69.1 cm³/mol. The molecule has 1 aromatic carbocycles. The van der Waals surface area contributed by atoms with E-state index in [-0.39, 0.29) is 12.4 Å². The number of aromatic nitrogens is 1. The van der Waals surface area contributed by atoms with Crippen LogP contribution < -0.4 is 5.32 Å². The van der Waals surface area contributed by atoms with Crippen LogP contribution in [0.4, 0.5) is 19.0 Å². The molecule has 1 heterocycles. The first-order valence-corrected chi connectivity index (χ1v) is 5.96. The lowest BCUT2D eigenvalue weighted by Crippen LogP contribution is -2.16. The third kappa shape index (κ3) is 3.48. The molecule has 2 aromatic rings. The van der Waals surface area contributed by atoms with Crippen molar-refractivity contribution in [3.63, 3.8) is 0 Å². The molecule has 106 valence electrons. The smallest absolute Gasteiger partial charge is 0.394 e. The van der Waals surface area contributed by atoms with E-state index in [1.165, 1.54) is 6.07 Å². The van der Waals surface area contributed by atoms with E-state index in [0.717, 1.165) is 17.8 Å². The predicted octanol–water partition coefficient (Wildman–Crippen LogP) is 3.25. The van der Waals surface area contributed by atoms with E-state index >= 15 is 0 Å². The maximum Gasteiger partial charge on any atom is 0.417 e. The van der Waals surface area contributed by atoms with Crippen LogP contribution in [-0.2, 0) is 6.18 Å². The summed E-state index contributed by atoms with van der Waals surface area (Å²) in [7, 11) is 0. The normalized spacial score (nSPS) is 13.0. The molecule has 3 nitrogen and oxygen atoms in total. The number of rotatable bonds is 4. The summed E-state index contributed by atoms with van der Waals surface area (Å²) in [6.07, 6.45) is -3.64. The Bertz CT molecular complexity index is 541. The van der Waals surface area contributed by atoms with E-state index in [0.29, 0.717) is 0 Å². The molecule has 0 aliphatic heterocycles. The molecule has 0 amide bonds. The highest BCUT2D eigenvalue weighted by atomic mass is 19.4. The number of anilines is 1. The fraction of sp³-hybridized carbons (Fsp3) is 0.214. The van der Waals surface area contributed by atoms with E-state index in [9.17, 15) is 18.3 Å². The van der Waals surface area contributed by atoms with Crippen LogP contribution in [0.1, 0.15) is 17.2 Å². The first-order valence-electron chi connectivity index (χ1n) is 5.96. The van der Waals surface area contributed by atoms with Crippen LogP contribution in [0.25, 0.3) is 0 Å². The lowest BCUT2D eigenvalue weighted by atomic mass is 10.1. The van der Waals surface area contributed by atoms with Gasteiger partial charge in [0.2, 0.25) is 0 Å². The van der Waals surface area contributed by atoms with Gasteiger partial charge in [-0.05, 0) is 17.7 Å². The summed E-state index contributed by atoms with van der Waals surface area (Å²) < 4.78 is 37.2. The summed E-state index contributed by atoms with van der Waals surface area (Å²) in [4.78, 5) is 3.72.